The van der Waals surface area contributed by atoms with Crippen LogP contribution in [0.4, 0.5) is 31.9 Å². The molecule has 8 nitrogen and oxygen atoms in total. The maximum Gasteiger partial charge on any atom is 0.260 e. The van der Waals surface area contributed by atoms with Crippen molar-refractivity contribution < 1.29 is 18.7 Å². The molecule has 206 valence electrons. The van der Waals surface area contributed by atoms with E-state index in [-0.39, 0.29) is 44.4 Å². The summed E-state index contributed by atoms with van der Waals surface area (Å²) in [5.41, 5.74) is 3.52. The average Bonchev–Trinajstić information content (AvgIpc) is 3.67. The summed E-state index contributed by atoms with van der Waals surface area (Å²) in [4.78, 5) is 26.7. The fourth-order valence-corrected chi connectivity index (χ4v) is 5.73. The Bertz CT molecular complexity index is 1140. The lowest BCUT2D eigenvalue weighted by Gasteiger charge is -2.35. The van der Waals surface area contributed by atoms with Crippen molar-refractivity contribution in [2.24, 2.45) is 5.41 Å². The molecular weight excluding hydrogens is 510 g/mol. The van der Waals surface area contributed by atoms with Gasteiger partial charge in [-0.3, -0.25) is 10.1 Å². The monoisotopic (exact) mass is 546 g/mol. The molecule has 2 aliphatic heterocycles. The first-order valence-electron chi connectivity index (χ1n) is 13.5. The molecule has 3 fully saturated rings. The average molecular weight is 547 g/mol. The van der Waals surface area contributed by atoms with Crippen LogP contribution in [-0.2, 0) is 6.42 Å². The van der Waals surface area contributed by atoms with Crippen molar-refractivity contribution in [3.8, 4) is 0 Å². The number of aryl methyl sites for hydroxylation is 1. The summed E-state index contributed by atoms with van der Waals surface area (Å²) in [5, 5.41) is 12.0. The van der Waals surface area contributed by atoms with Crippen molar-refractivity contribution >= 4 is 41.0 Å². The van der Waals surface area contributed by atoms with Crippen LogP contribution in [0.2, 0.25) is 0 Å². The minimum absolute atomic E-state index is 0.0812. The lowest BCUT2D eigenvalue weighted by Crippen LogP contribution is -2.40. The van der Waals surface area contributed by atoms with Gasteiger partial charge in [0.05, 0.1) is 17.9 Å². The zero-order chi connectivity index (χ0) is 26.8. The van der Waals surface area contributed by atoms with Crippen molar-refractivity contribution in [3.05, 3.63) is 35.5 Å². The number of aliphatic hydroxyl groups is 1. The van der Waals surface area contributed by atoms with Crippen molar-refractivity contribution in [2.75, 3.05) is 58.4 Å². The smallest absolute Gasteiger partial charge is 0.260 e. The minimum atomic E-state index is -2.64. The van der Waals surface area contributed by atoms with Gasteiger partial charge < -0.3 is 19.6 Å². The molecule has 0 bridgehead atoms. The number of piperidine rings is 2. The number of carbonyl (C=O) groups excluding carboxylic acids is 1. The predicted octanol–water partition coefficient (Wildman–Crippen LogP) is 4.96. The number of hydrogen-bond acceptors (Lipinski definition) is 8. The fourth-order valence-electron chi connectivity index (χ4n) is 5.24. The number of nitrogens with one attached hydrogen (secondary N) is 2. The number of carbonyl (C=O) groups is 1. The van der Waals surface area contributed by atoms with E-state index in [1.807, 2.05) is 36.1 Å². The van der Waals surface area contributed by atoms with Gasteiger partial charge >= 0.3 is 0 Å². The van der Waals surface area contributed by atoms with E-state index in [0.29, 0.717) is 29.0 Å². The molecule has 1 spiro atoms. The number of rotatable bonds is 9. The summed E-state index contributed by atoms with van der Waals surface area (Å²) in [5.74, 6) is -1.63. The van der Waals surface area contributed by atoms with E-state index in [0.717, 1.165) is 43.0 Å². The van der Waals surface area contributed by atoms with Crippen molar-refractivity contribution in [1.29, 1.82) is 0 Å². The number of anilines is 4. The minimum Gasteiger partial charge on any atom is -0.395 e. The molecule has 3 aliphatic rings. The maximum atomic E-state index is 13.7. The maximum absolute atomic E-state index is 13.7. The summed E-state index contributed by atoms with van der Waals surface area (Å²) < 4.78 is 30.6. The van der Waals surface area contributed by atoms with E-state index in [4.69, 9.17) is 5.11 Å². The molecule has 2 saturated heterocycles. The van der Waals surface area contributed by atoms with Gasteiger partial charge in [-0.1, -0.05) is 18.9 Å². The Morgan fingerprint density at radius 2 is 1.74 bits per heavy atom. The van der Waals surface area contributed by atoms with Crippen molar-refractivity contribution in [3.63, 3.8) is 0 Å². The molecule has 2 aromatic rings. The Hall–Kier alpha value is -2.66. The highest BCUT2D eigenvalue weighted by molar-refractivity contribution is 8.00. The number of amides is 1. The first-order valence-corrected chi connectivity index (χ1v) is 14.5. The number of nitrogens with zero attached hydrogens (tertiary/aromatic N) is 4. The van der Waals surface area contributed by atoms with Gasteiger partial charge in [-0.2, -0.15) is 4.98 Å². The molecule has 11 heteroatoms. The van der Waals surface area contributed by atoms with E-state index in [1.165, 1.54) is 24.8 Å². The highest BCUT2D eigenvalue weighted by Gasteiger charge is 2.44. The van der Waals surface area contributed by atoms with Gasteiger partial charge in [-0.15, -0.1) is 0 Å². The Morgan fingerprint density at radius 1 is 1.03 bits per heavy atom. The summed E-state index contributed by atoms with van der Waals surface area (Å²) >= 11 is 1.42. The molecule has 0 atom stereocenters. The molecular formula is C27H36F2N6O2S. The van der Waals surface area contributed by atoms with Gasteiger partial charge in [0.25, 0.3) is 11.8 Å². The second kappa shape index (κ2) is 11.2. The topological polar surface area (TPSA) is 93.6 Å². The van der Waals surface area contributed by atoms with Crippen LogP contribution in [0, 0.1) is 5.41 Å². The Kier molecular flexibility index (Phi) is 7.95. The van der Waals surface area contributed by atoms with Crippen LogP contribution in [0.5, 0.6) is 0 Å². The van der Waals surface area contributed by atoms with Gasteiger partial charge in [0.2, 0.25) is 5.95 Å². The Labute approximate surface area is 226 Å². The third kappa shape index (κ3) is 6.31. The van der Waals surface area contributed by atoms with Gasteiger partial charge in [-0.05, 0) is 55.7 Å². The highest BCUT2D eigenvalue weighted by Crippen LogP contribution is 2.54. The third-order valence-corrected chi connectivity index (χ3v) is 8.69. The zero-order valence-corrected chi connectivity index (χ0v) is 22.6. The molecule has 1 saturated carbocycles. The zero-order valence-electron chi connectivity index (χ0n) is 21.8. The standard InChI is InChI=1S/C27H36F2N6O2S/c1-2-19-18-23(35-13-9-27(28,29)10-14-35)31-25(30-19)32-24(37)21-4-3-20(33-38-16-15-36)17-22(21)34-11-7-26(5-6-26)8-12-34/h3-4,17-18,33,36H,2,5-16H2,1H3,(H,30,31,32,37). The number of alkyl halides is 2. The number of hydrogen-bond donors (Lipinski definition) is 3. The normalized spacial score (nSPS) is 19.9. The van der Waals surface area contributed by atoms with E-state index in [1.54, 1.807) is 0 Å². The van der Waals surface area contributed by atoms with Gasteiger partial charge in [0.1, 0.15) is 5.82 Å². The summed E-state index contributed by atoms with van der Waals surface area (Å²) in [6, 6.07) is 7.48. The van der Waals surface area contributed by atoms with Crippen LogP contribution < -0.4 is 19.8 Å². The SMILES string of the molecule is CCc1cc(N2CCC(F)(F)CC2)nc(NC(=O)c2ccc(NSCCO)cc2N2CCC3(CC2)CC3)n1. The molecule has 0 unspecified atom stereocenters. The van der Waals surface area contributed by atoms with Gasteiger partial charge in [0.15, 0.2) is 0 Å². The largest absolute Gasteiger partial charge is 0.395 e. The second-order valence-corrected chi connectivity index (χ2v) is 11.5. The third-order valence-electron chi connectivity index (χ3n) is 7.92. The van der Waals surface area contributed by atoms with Crippen LogP contribution in [0.1, 0.15) is 61.5 Å². The van der Waals surface area contributed by atoms with Crippen molar-refractivity contribution in [2.45, 2.75) is 57.8 Å². The predicted molar refractivity (Wildman–Crippen MR) is 148 cm³/mol. The fraction of sp³-hybridized carbons (Fsp3) is 0.593. The van der Waals surface area contributed by atoms with Crippen LogP contribution >= 0.6 is 11.9 Å². The van der Waals surface area contributed by atoms with Gasteiger partial charge in [-0.25, -0.2) is 13.8 Å². The molecule has 1 amide bonds. The second-order valence-electron chi connectivity index (χ2n) is 10.6. The molecule has 38 heavy (non-hydrogen) atoms. The molecule has 1 aromatic heterocycles. The van der Waals surface area contributed by atoms with Crippen molar-refractivity contribution in [1.82, 2.24) is 9.97 Å². The van der Waals surface area contributed by atoms with E-state index in [2.05, 4.69) is 24.9 Å². The number of benzene rings is 1. The van der Waals surface area contributed by atoms with E-state index in [9.17, 15) is 13.6 Å². The Morgan fingerprint density at radius 3 is 2.39 bits per heavy atom. The van der Waals surface area contributed by atoms with Gasteiger partial charge in [0, 0.05) is 62.2 Å². The summed E-state index contributed by atoms with van der Waals surface area (Å²) in [6.07, 6.45) is 5.07. The van der Waals surface area contributed by atoms with E-state index < -0.39 is 5.92 Å². The first kappa shape index (κ1) is 26.9. The molecule has 0 radical (unpaired) electrons. The number of halogens is 2. The van der Waals surface area contributed by atoms with E-state index >= 15 is 0 Å². The molecule has 1 aliphatic carbocycles. The van der Waals surface area contributed by atoms with Crippen LogP contribution in [0.3, 0.4) is 0 Å². The molecule has 1 aromatic carbocycles. The lowest BCUT2D eigenvalue weighted by molar-refractivity contribution is -0.0221. The molecule has 3 N–H and O–H groups in total. The molecule has 3 heterocycles. The van der Waals surface area contributed by atoms with Crippen LogP contribution in [-0.4, -0.2) is 65.4 Å². The summed E-state index contributed by atoms with van der Waals surface area (Å²) in [7, 11) is 0. The van der Waals surface area contributed by atoms with Crippen LogP contribution in [0.15, 0.2) is 24.3 Å². The highest BCUT2D eigenvalue weighted by atomic mass is 32.2. The molecule has 5 rings (SSSR count). The number of aliphatic hydroxyl groups excluding tert-OH is 1. The quantitative estimate of drug-likeness (QED) is 0.300. The first-order chi connectivity index (χ1) is 18.3. The van der Waals surface area contributed by atoms with Crippen LogP contribution in [0.25, 0.3) is 0 Å². The lowest BCUT2D eigenvalue weighted by atomic mass is 9.93. The Balaban J connectivity index is 1.37. The number of aromatic nitrogens is 2. The summed E-state index contributed by atoms with van der Waals surface area (Å²) in [6.45, 7) is 4.27.